The van der Waals surface area contributed by atoms with Crippen molar-refractivity contribution in [1.29, 1.82) is 0 Å². The smallest absolute Gasteiger partial charge is 0.0876 e. The number of hydrogen-bond acceptors (Lipinski definition) is 4. The zero-order chi connectivity index (χ0) is 22.4. The average molecular weight is 437 g/mol. The van der Waals surface area contributed by atoms with Gasteiger partial charge in [0.05, 0.1) is 44.2 Å². The fraction of sp³-hybridized carbons (Fsp3) is 0.429. The molecule has 0 fully saturated rings. The molecule has 0 aliphatic carbocycles. The van der Waals surface area contributed by atoms with Gasteiger partial charge < -0.3 is 19.3 Å². The standard InChI is InChI=1S/C28H36O4/c1-2-26-28(31-22-24-15-7-4-8-16-24)19-10-9-17-25(29)27(32-26)18-11-12-20-30-21-23-13-5-3-6-14-23/h3-16,25-29H,2,17-22H2,1H3/b10-9-,12-11+/t25-,26+,27-,28+/m0/s1. The summed E-state index contributed by atoms with van der Waals surface area (Å²) in [6, 6.07) is 20.3. The molecule has 4 heteroatoms. The van der Waals surface area contributed by atoms with E-state index in [9.17, 15) is 5.11 Å². The van der Waals surface area contributed by atoms with E-state index in [4.69, 9.17) is 14.2 Å². The number of benzene rings is 2. The number of aliphatic hydroxyl groups is 1. The van der Waals surface area contributed by atoms with Crippen LogP contribution in [0, 0.1) is 0 Å². The summed E-state index contributed by atoms with van der Waals surface area (Å²) in [5, 5.41) is 10.7. The largest absolute Gasteiger partial charge is 0.390 e. The van der Waals surface area contributed by atoms with Crippen LogP contribution in [-0.4, -0.2) is 36.1 Å². The molecule has 4 atom stereocenters. The third kappa shape index (κ3) is 8.36. The van der Waals surface area contributed by atoms with Crippen molar-refractivity contribution in [3.8, 4) is 0 Å². The summed E-state index contributed by atoms with van der Waals surface area (Å²) in [7, 11) is 0. The summed E-state index contributed by atoms with van der Waals surface area (Å²) in [6.07, 6.45) is 10.2. The van der Waals surface area contributed by atoms with Crippen molar-refractivity contribution in [2.45, 2.75) is 70.2 Å². The van der Waals surface area contributed by atoms with E-state index in [1.54, 1.807) is 0 Å². The van der Waals surface area contributed by atoms with Crippen LogP contribution in [0.4, 0.5) is 0 Å². The molecule has 1 N–H and O–H groups in total. The van der Waals surface area contributed by atoms with Crippen molar-refractivity contribution in [1.82, 2.24) is 0 Å². The van der Waals surface area contributed by atoms with Crippen LogP contribution >= 0.6 is 0 Å². The summed E-state index contributed by atoms with van der Waals surface area (Å²) in [5.74, 6) is 0. The summed E-state index contributed by atoms with van der Waals surface area (Å²) in [6.45, 7) is 3.81. The maximum absolute atomic E-state index is 10.7. The molecule has 172 valence electrons. The van der Waals surface area contributed by atoms with E-state index in [1.807, 2.05) is 54.6 Å². The highest BCUT2D eigenvalue weighted by molar-refractivity contribution is 5.14. The third-order valence-electron chi connectivity index (χ3n) is 5.68. The molecule has 0 aromatic heterocycles. The monoisotopic (exact) mass is 436 g/mol. The zero-order valence-corrected chi connectivity index (χ0v) is 19.0. The van der Waals surface area contributed by atoms with Gasteiger partial charge in [0, 0.05) is 0 Å². The lowest BCUT2D eigenvalue weighted by Crippen LogP contribution is -2.38. The predicted octanol–water partition coefficient (Wildman–Crippen LogP) is 5.61. The predicted molar refractivity (Wildman–Crippen MR) is 128 cm³/mol. The minimum absolute atomic E-state index is 0.0394. The molecule has 1 aliphatic rings. The van der Waals surface area contributed by atoms with Gasteiger partial charge in [0.25, 0.3) is 0 Å². The van der Waals surface area contributed by atoms with Gasteiger partial charge in [-0.15, -0.1) is 0 Å². The van der Waals surface area contributed by atoms with Gasteiger partial charge in [-0.25, -0.2) is 0 Å². The molecule has 0 bridgehead atoms. The first kappa shape index (κ1) is 24.4. The SMILES string of the molecule is CC[C@H]1O[C@@H](C/C=C/COCc2ccccc2)[C@@H](O)C/C=C\C[C@H]1OCc1ccccc1. The Balaban J connectivity index is 1.51. The molecule has 4 nitrogen and oxygen atoms in total. The second-order valence-corrected chi connectivity index (χ2v) is 8.17. The number of rotatable bonds is 10. The van der Waals surface area contributed by atoms with Crippen LogP contribution in [0.5, 0.6) is 0 Å². The lowest BCUT2D eigenvalue weighted by Gasteiger charge is -2.31. The minimum atomic E-state index is -0.539. The molecule has 1 heterocycles. The first-order valence-corrected chi connectivity index (χ1v) is 11.7. The summed E-state index contributed by atoms with van der Waals surface area (Å²) < 4.78 is 18.4. The Kier molecular flexibility index (Phi) is 10.7. The van der Waals surface area contributed by atoms with Crippen LogP contribution in [0.3, 0.4) is 0 Å². The third-order valence-corrected chi connectivity index (χ3v) is 5.68. The highest BCUT2D eigenvalue weighted by atomic mass is 16.6. The number of aliphatic hydroxyl groups excluding tert-OH is 1. The topological polar surface area (TPSA) is 47.9 Å². The fourth-order valence-electron chi connectivity index (χ4n) is 3.81. The van der Waals surface area contributed by atoms with E-state index in [-0.39, 0.29) is 18.3 Å². The van der Waals surface area contributed by atoms with Crippen LogP contribution in [-0.2, 0) is 27.4 Å². The Bertz CT molecular complexity index is 803. The van der Waals surface area contributed by atoms with Crippen LogP contribution in [0.2, 0.25) is 0 Å². The maximum atomic E-state index is 10.7. The Labute approximate surface area is 192 Å². The van der Waals surface area contributed by atoms with Crippen molar-refractivity contribution in [3.63, 3.8) is 0 Å². The van der Waals surface area contributed by atoms with E-state index >= 15 is 0 Å². The molecule has 0 spiro atoms. The van der Waals surface area contributed by atoms with E-state index in [2.05, 4.69) is 37.3 Å². The average Bonchev–Trinajstić information content (AvgIpc) is 2.90. The summed E-state index contributed by atoms with van der Waals surface area (Å²) in [4.78, 5) is 0. The maximum Gasteiger partial charge on any atom is 0.0876 e. The highest BCUT2D eigenvalue weighted by Gasteiger charge is 2.28. The van der Waals surface area contributed by atoms with E-state index in [0.717, 1.165) is 24.0 Å². The minimum Gasteiger partial charge on any atom is -0.390 e. The second kappa shape index (κ2) is 14.0. The molecule has 0 saturated heterocycles. The molecular formula is C28H36O4. The molecule has 0 radical (unpaired) electrons. The molecule has 1 aliphatic heterocycles. The van der Waals surface area contributed by atoms with Crippen molar-refractivity contribution in [3.05, 3.63) is 96.1 Å². The first-order chi connectivity index (χ1) is 15.8. The fourth-order valence-corrected chi connectivity index (χ4v) is 3.81. The Morgan fingerprint density at radius 2 is 1.53 bits per heavy atom. The van der Waals surface area contributed by atoms with Crippen LogP contribution < -0.4 is 0 Å². The molecule has 0 unspecified atom stereocenters. The molecule has 2 aromatic carbocycles. The molecule has 2 aromatic rings. The highest BCUT2D eigenvalue weighted by Crippen LogP contribution is 2.23. The first-order valence-electron chi connectivity index (χ1n) is 11.7. The van der Waals surface area contributed by atoms with Gasteiger partial charge in [-0.3, -0.25) is 0 Å². The molecule has 32 heavy (non-hydrogen) atoms. The van der Waals surface area contributed by atoms with Crippen LogP contribution in [0.25, 0.3) is 0 Å². The van der Waals surface area contributed by atoms with E-state index < -0.39 is 6.10 Å². The Morgan fingerprint density at radius 3 is 2.22 bits per heavy atom. The van der Waals surface area contributed by atoms with Gasteiger partial charge in [0.1, 0.15) is 0 Å². The Morgan fingerprint density at radius 1 is 0.875 bits per heavy atom. The molecule has 0 saturated carbocycles. The lowest BCUT2D eigenvalue weighted by atomic mass is 10.1. The summed E-state index contributed by atoms with van der Waals surface area (Å²) >= 11 is 0. The molecule has 0 amide bonds. The van der Waals surface area contributed by atoms with Gasteiger partial charge >= 0.3 is 0 Å². The van der Waals surface area contributed by atoms with Crippen LogP contribution in [0.15, 0.2) is 85.0 Å². The van der Waals surface area contributed by atoms with Gasteiger partial charge in [0.15, 0.2) is 0 Å². The van der Waals surface area contributed by atoms with Crippen molar-refractivity contribution in [2.24, 2.45) is 0 Å². The van der Waals surface area contributed by atoms with E-state index in [1.165, 1.54) is 0 Å². The number of ether oxygens (including phenoxy) is 3. The van der Waals surface area contributed by atoms with E-state index in [0.29, 0.717) is 32.7 Å². The van der Waals surface area contributed by atoms with Gasteiger partial charge in [-0.05, 0) is 36.8 Å². The van der Waals surface area contributed by atoms with Gasteiger partial charge in [0.2, 0.25) is 0 Å². The van der Waals surface area contributed by atoms with Gasteiger partial charge in [-0.1, -0.05) is 91.9 Å². The van der Waals surface area contributed by atoms with Crippen molar-refractivity contribution in [2.75, 3.05) is 6.61 Å². The lowest BCUT2D eigenvalue weighted by molar-refractivity contribution is -0.132. The molecule has 3 rings (SSSR count). The van der Waals surface area contributed by atoms with Crippen LogP contribution in [0.1, 0.15) is 43.7 Å². The zero-order valence-electron chi connectivity index (χ0n) is 19.0. The van der Waals surface area contributed by atoms with Gasteiger partial charge in [-0.2, -0.15) is 0 Å². The van der Waals surface area contributed by atoms with Crippen molar-refractivity contribution >= 4 is 0 Å². The normalized spacial score (nSPS) is 25.2. The quantitative estimate of drug-likeness (QED) is 0.388. The second-order valence-electron chi connectivity index (χ2n) is 8.17. The number of hydrogen-bond donors (Lipinski definition) is 1. The molecular weight excluding hydrogens is 400 g/mol. The Hall–Kier alpha value is -2.24. The van der Waals surface area contributed by atoms with Crippen molar-refractivity contribution < 1.29 is 19.3 Å². The summed E-state index contributed by atoms with van der Waals surface area (Å²) in [5.41, 5.74) is 2.32.